The summed E-state index contributed by atoms with van der Waals surface area (Å²) in [5, 5.41) is 0. The molecule has 0 aromatic rings. The highest BCUT2D eigenvalue weighted by Crippen LogP contribution is 2.11. The number of nitrogens with zero attached hydrogens (tertiary/aromatic N) is 2. The van der Waals surface area contributed by atoms with Crippen LogP contribution >= 0.6 is 0 Å². The Hall–Kier alpha value is -1.03. The average molecular weight is 198 g/mol. The van der Waals surface area contributed by atoms with E-state index in [9.17, 15) is 0 Å². The molecule has 4 heteroatoms. The fourth-order valence-electron chi connectivity index (χ4n) is 1.06. The maximum Gasteiger partial charge on any atom is 0.0855 e. The number of aliphatic imine (C=N–C) groups is 1. The molecule has 0 aromatic heterocycles. The molecule has 0 saturated carbocycles. The second-order valence-corrected chi connectivity index (χ2v) is 4.06. The smallest absolute Gasteiger partial charge is 0.0855 e. The Morgan fingerprint density at radius 1 is 1.36 bits per heavy atom. The average Bonchev–Trinajstić information content (AvgIpc) is 2.00. The molecule has 4 nitrogen and oxygen atoms in total. The molecule has 0 atom stereocenters. The first-order valence-electron chi connectivity index (χ1n) is 4.71. The van der Waals surface area contributed by atoms with Gasteiger partial charge in [0.1, 0.15) is 0 Å². The van der Waals surface area contributed by atoms with Gasteiger partial charge in [0.05, 0.1) is 11.9 Å². The summed E-state index contributed by atoms with van der Waals surface area (Å²) in [7, 11) is 5.76. The van der Waals surface area contributed by atoms with E-state index in [0.29, 0.717) is 0 Å². The summed E-state index contributed by atoms with van der Waals surface area (Å²) in [6.07, 6.45) is 3.90. The third kappa shape index (κ3) is 6.48. The molecule has 0 saturated heterocycles. The zero-order valence-electron chi connectivity index (χ0n) is 10.0. The van der Waals surface area contributed by atoms with Crippen molar-refractivity contribution in [2.24, 2.45) is 4.99 Å². The number of nitrogens with one attached hydrogen (secondary N) is 2. The van der Waals surface area contributed by atoms with Gasteiger partial charge in [-0.3, -0.25) is 4.99 Å². The van der Waals surface area contributed by atoms with Crippen molar-refractivity contribution in [1.29, 1.82) is 0 Å². The van der Waals surface area contributed by atoms with Gasteiger partial charge >= 0.3 is 0 Å². The number of allylic oxidation sites excluding steroid dienone is 1. The Labute approximate surface area is 87.1 Å². The largest absolute Gasteiger partial charge is 0.369 e. The predicted molar refractivity (Wildman–Crippen MR) is 62.2 cm³/mol. The van der Waals surface area contributed by atoms with E-state index < -0.39 is 0 Å². The highest BCUT2D eigenvalue weighted by Gasteiger charge is 2.11. The Morgan fingerprint density at radius 3 is 2.36 bits per heavy atom. The van der Waals surface area contributed by atoms with Gasteiger partial charge in [0, 0.05) is 26.8 Å². The second-order valence-electron chi connectivity index (χ2n) is 4.06. The molecule has 0 aliphatic carbocycles. The lowest BCUT2D eigenvalue weighted by Crippen LogP contribution is -2.28. The van der Waals surface area contributed by atoms with E-state index in [0.717, 1.165) is 5.70 Å². The van der Waals surface area contributed by atoms with E-state index in [1.807, 2.05) is 39.3 Å². The first-order chi connectivity index (χ1) is 6.37. The van der Waals surface area contributed by atoms with Crippen LogP contribution in [0.1, 0.15) is 20.8 Å². The van der Waals surface area contributed by atoms with Crippen LogP contribution in [0.4, 0.5) is 0 Å². The van der Waals surface area contributed by atoms with Gasteiger partial charge in [0.2, 0.25) is 0 Å². The fraction of sp³-hybridized carbons (Fsp3) is 0.700. The molecule has 0 aliphatic rings. The minimum Gasteiger partial charge on any atom is -0.369 e. The lowest BCUT2D eigenvalue weighted by atomic mass is 10.1. The van der Waals surface area contributed by atoms with Gasteiger partial charge in [-0.25, -0.2) is 5.43 Å². The van der Waals surface area contributed by atoms with E-state index in [1.54, 1.807) is 0 Å². The van der Waals surface area contributed by atoms with Crippen LogP contribution in [0, 0.1) is 0 Å². The molecule has 0 spiro atoms. The Kier molecular flexibility index (Phi) is 5.23. The topological polar surface area (TPSA) is 39.7 Å². The molecule has 14 heavy (non-hydrogen) atoms. The molecule has 2 N–H and O–H groups in total. The molecule has 0 fully saturated rings. The van der Waals surface area contributed by atoms with Crippen molar-refractivity contribution < 1.29 is 0 Å². The SMILES string of the molecule is CNN/C(C)=C/C(C)(C)/N=C\N(C)C. The lowest BCUT2D eigenvalue weighted by Gasteiger charge is -2.17. The van der Waals surface area contributed by atoms with Gasteiger partial charge in [-0.1, -0.05) is 0 Å². The molecule has 0 heterocycles. The van der Waals surface area contributed by atoms with Crippen molar-refractivity contribution >= 4 is 6.34 Å². The van der Waals surface area contributed by atoms with Crippen LogP contribution < -0.4 is 10.9 Å². The second kappa shape index (κ2) is 5.65. The summed E-state index contributed by atoms with van der Waals surface area (Å²) >= 11 is 0. The van der Waals surface area contributed by atoms with Gasteiger partial charge in [0.15, 0.2) is 0 Å². The summed E-state index contributed by atoms with van der Waals surface area (Å²) in [4.78, 5) is 6.36. The molecular formula is C10H22N4. The fourth-order valence-corrected chi connectivity index (χ4v) is 1.06. The summed E-state index contributed by atoms with van der Waals surface area (Å²) in [6, 6.07) is 0. The summed E-state index contributed by atoms with van der Waals surface area (Å²) < 4.78 is 0. The van der Waals surface area contributed by atoms with Crippen LogP contribution in [0.2, 0.25) is 0 Å². The molecule has 0 bridgehead atoms. The minimum absolute atomic E-state index is 0.182. The van der Waals surface area contributed by atoms with Gasteiger partial charge in [0.25, 0.3) is 0 Å². The van der Waals surface area contributed by atoms with Crippen molar-refractivity contribution in [3.8, 4) is 0 Å². The summed E-state index contributed by atoms with van der Waals surface area (Å²) in [6.45, 7) is 6.13. The maximum atomic E-state index is 4.43. The van der Waals surface area contributed by atoms with Crippen LogP contribution in [-0.4, -0.2) is 37.9 Å². The van der Waals surface area contributed by atoms with E-state index >= 15 is 0 Å². The Morgan fingerprint density at radius 2 is 1.93 bits per heavy atom. The van der Waals surface area contributed by atoms with Crippen LogP contribution in [0.25, 0.3) is 0 Å². The molecule has 82 valence electrons. The van der Waals surface area contributed by atoms with Crippen molar-refractivity contribution in [3.63, 3.8) is 0 Å². The van der Waals surface area contributed by atoms with Crippen molar-refractivity contribution in [2.45, 2.75) is 26.3 Å². The van der Waals surface area contributed by atoms with Crippen molar-refractivity contribution in [1.82, 2.24) is 15.8 Å². The summed E-state index contributed by atoms with van der Waals surface area (Å²) in [5.41, 5.74) is 6.77. The van der Waals surface area contributed by atoms with Crippen LogP contribution in [0.5, 0.6) is 0 Å². The summed E-state index contributed by atoms with van der Waals surface area (Å²) in [5.74, 6) is 0. The van der Waals surface area contributed by atoms with Crippen molar-refractivity contribution in [3.05, 3.63) is 11.8 Å². The molecule has 0 aromatic carbocycles. The normalized spacial score (nSPS) is 13.4. The Balaban J connectivity index is 4.39. The minimum atomic E-state index is -0.182. The van der Waals surface area contributed by atoms with Crippen LogP contribution in [0.15, 0.2) is 16.8 Å². The number of hydrogen-bond acceptors (Lipinski definition) is 3. The quantitative estimate of drug-likeness (QED) is 0.393. The zero-order valence-corrected chi connectivity index (χ0v) is 10.0. The first kappa shape index (κ1) is 13.0. The third-order valence-electron chi connectivity index (χ3n) is 1.51. The molecular weight excluding hydrogens is 176 g/mol. The highest BCUT2D eigenvalue weighted by molar-refractivity contribution is 5.55. The van der Waals surface area contributed by atoms with E-state index in [-0.39, 0.29) is 5.54 Å². The monoisotopic (exact) mass is 198 g/mol. The first-order valence-corrected chi connectivity index (χ1v) is 4.71. The number of hydrazine groups is 1. The van der Waals surface area contributed by atoms with Gasteiger partial charge < -0.3 is 10.3 Å². The van der Waals surface area contributed by atoms with Crippen LogP contribution in [0.3, 0.4) is 0 Å². The van der Waals surface area contributed by atoms with Gasteiger partial charge in [-0.05, 0) is 26.8 Å². The number of hydrogen-bond donors (Lipinski definition) is 2. The van der Waals surface area contributed by atoms with Crippen LogP contribution in [-0.2, 0) is 0 Å². The molecule has 0 aliphatic heterocycles. The molecule has 0 radical (unpaired) electrons. The van der Waals surface area contributed by atoms with Crippen molar-refractivity contribution in [2.75, 3.05) is 21.1 Å². The van der Waals surface area contributed by atoms with Gasteiger partial charge in [-0.2, -0.15) is 0 Å². The highest BCUT2D eigenvalue weighted by atomic mass is 15.3. The van der Waals surface area contributed by atoms with E-state index in [1.165, 1.54) is 0 Å². The lowest BCUT2D eigenvalue weighted by molar-refractivity contribution is 0.590. The number of rotatable bonds is 5. The van der Waals surface area contributed by atoms with E-state index in [2.05, 4.69) is 35.8 Å². The molecule has 0 amide bonds. The maximum absolute atomic E-state index is 4.43. The standard InChI is InChI=1S/C10H22N4/c1-9(13-11-4)7-10(2,3)12-8-14(5)6/h7-8,11,13H,1-6H3/b9-7+,12-8-. The molecule has 0 rings (SSSR count). The predicted octanol–water partition coefficient (Wildman–Crippen LogP) is 0.983. The molecule has 0 unspecified atom stereocenters. The van der Waals surface area contributed by atoms with Gasteiger partial charge in [-0.15, -0.1) is 0 Å². The zero-order chi connectivity index (χ0) is 11.2. The van der Waals surface area contributed by atoms with E-state index in [4.69, 9.17) is 0 Å². The third-order valence-corrected chi connectivity index (χ3v) is 1.51. The Bertz CT molecular complexity index is 216.